The van der Waals surface area contributed by atoms with E-state index < -0.39 is 26.9 Å². The molecule has 0 aromatic heterocycles. The number of sulfonamides is 1. The van der Waals surface area contributed by atoms with E-state index in [1.165, 1.54) is 18.2 Å². The standard InChI is InChI=1S/C20H25N3O6S/c1-4-19(20(24)21-14-15-9-11-18(12-10-15)29-5-2)22(30(3,27)28)16-7-6-8-17(13-16)23(25)26/h6-13,19H,4-5,14H2,1-3H3,(H,21,24)/t19-/m0/s1. The van der Waals surface area contributed by atoms with Crippen LogP contribution in [0.2, 0.25) is 0 Å². The Morgan fingerprint density at radius 1 is 1.20 bits per heavy atom. The molecular formula is C20H25N3O6S. The minimum atomic E-state index is -3.88. The van der Waals surface area contributed by atoms with E-state index in [0.717, 1.165) is 22.2 Å². The number of carbonyl (C=O) groups is 1. The molecule has 0 aliphatic rings. The van der Waals surface area contributed by atoms with Crippen LogP contribution in [0.15, 0.2) is 48.5 Å². The third kappa shape index (κ3) is 5.93. The summed E-state index contributed by atoms with van der Waals surface area (Å²) in [5.41, 5.74) is 0.628. The lowest BCUT2D eigenvalue weighted by atomic mass is 10.1. The molecule has 0 aliphatic carbocycles. The van der Waals surface area contributed by atoms with Crippen molar-refractivity contribution in [3.8, 4) is 5.75 Å². The number of nitrogens with zero attached hydrogens (tertiary/aromatic N) is 2. The van der Waals surface area contributed by atoms with Crippen LogP contribution in [0.4, 0.5) is 11.4 Å². The molecule has 2 rings (SSSR count). The smallest absolute Gasteiger partial charge is 0.271 e. The zero-order valence-corrected chi connectivity index (χ0v) is 17.9. The molecule has 1 atom stereocenters. The maximum Gasteiger partial charge on any atom is 0.271 e. The van der Waals surface area contributed by atoms with Crippen LogP contribution in [0.3, 0.4) is 0 Å². The number of hydrogen-bond acceptors (Lipinski definition) is 6. The van der Waals surface area contributed by atoms with Crippen LogP contribution in [-0.2, 0) is 21.4 Å². The number of anilines is 1. The van der Waals surface area contributed by atoms with E-state index in [4.69, 9.17) is 4.74 Å². The van der Waals surface area contributed by atoms with Crippen LogP contribution in [-0.4, -0.2) is 38.2 Å². The van der Waals surface area contributed by atoms with E-state index in [2.05, 4.69) is 5.32 Å². The van der Waals surface area contributed by atoms with E-state index in [-0.39, 0.29) is 24.3 Å². The van der Waals surface area contributed by atoms with Crippen molar-refractivity contribution in [3.05, 3.63) is 64.2 Å². The van der Waals surface area contributed by atoms with Gasteiger partial charge >= 0.3 is 0 Å². The average molecular weight is 436 g/mol. The van der Waals surface area contributed by atoms with E-state index >= 15 is 0 Å². The minimum Gasteiger partial charge on any atom is -0.494 e. The van der Waals surface area contributed by atoms with Crippen LogP contribution in [0.25, 0.3) is 0 Å². The Bertz CT molecular complexity index is 992. The Labute approximate surface area is 175 Å². The van der Waals surface area contributed by atoms with Crippen LogP contribution in [0, 0.1) is 10.1 Å². The van der Waals surface area contributed by atoms with Gasteiger partial charge in [0.1, 0.15) is 11.8 Å². The highest BCUT2D eigenvalue weighted by molar-refractivity contribution is 7.92. The van der Waals surface area contributed by atoms with E-state index in [0.29, 0.717) is 12.4 Å². The summed E-state index contributed by atoms with van der Waals surface area (Å²) in [5, 5.41) is 13.8. The number of ether oxygens (including phenoxy) is 1. The number of nitro groups is 1. The molecule has 2 aromatic rings. The number of carbonyl (C=O) groups excluding carboxylic acids is 1. The fourth-order valence-corrected chi connectivity index (χ4v) is 4.18. The minimum absolute atomic E-state index is 0.0646. The second kappa shape index (κ2) is 10.1. The van der Waals surface area contributed by atoms with Crippen molar-refractivity contribution < 1.29 is 22.9 Å². The van der Waals surface area contributed by atoms with Gasteiger partial charge in [-0.3, -0.25) is 19.2 Å². The van der Waals surface area contributed by atoms with Gasteiger partial charge in [-0.1, -0.05) is 25.1 Å². The van der Waals surface area contributed by atoms with Crippen molar-refractivity contribution in [2.75, 3.05) is 17.2 Å². The Kier molecular flexibility index (Phi) is 7.76. The maximum absolute atomic E-state index is 12.8. The van der Waals surface area contributed by atoms with Gasteiger partial charge in [-0.2, -0.15) is 0 Å². The molecule has 0 aliphatic heterocycles. The zero-order valence-electron chi connectivity index (χ0n) is 17.1. The average Bonchev–Trinajstić information content (AvgIpc) is 2.70. The first-order chi connectivity index (χ1) is 14.2. The van der Waals surface area contributed by atoms with Crippen molar-refractivity contribution >= 4 is 27.3 Å². The number of nitrogens with one attached hydrogen (secondary N) is 1. The molecule has 10 heteroatoms. The summed E-state index contributed by atoms with van der Waals surface area (Å²) in [6.07, 6.45) is 1.15. The summed E-state index contributed by atoms with van der Waals surface area (Å²) in [5.74, 6) is 0.219. The summed E-state index contributed by atoms with van der Waals surface area (Å²) >= 11 is 0. The topological polar surface area (TPSA) is 119 Å². The third-order valence-electron chi connectivity index (χ3n) is 4.33. The summed E-state index contributed by atoms with van der Waals surface area (Å²) in [4.78, 5) is 23.3. The fraction of sp³-hybridized carbons (Fsp3) is 0.350. The first kappa shape index (κ1) is 23.1. The molecular weight excluding hydrogens is 410 g/mol. The lowest BCUT2D eigenvalue weighted by molar-refractivity contribution is -0.384. The van der Waals surface area contributed by atoms with Gasteiger partial charge in [0.25, 0.3) is 5.69 Å². The van der Waals surface area contributed by atoms with Crippen LogP contribution < -0.4 is 14.4 Å². The van der Waals surface area contributed by atoms with Crippen LogP contribution in [0.5, 0.6) is 5.75 Å². The largest absolute Gasteiger partial charge is 0.494 e. The number of amides is 1. The molecule has 0 spiro atoms. The molecule has 30 heavy (non-hydrogen) atoms. The summed E-state index contributed by atoms with van der Waals surface area (Å²) in [6.45, 7) is 4.31. The van der Waals surface area contributed by atoms with Crippen molar-refractivity contribution in [1.82, 2.24) is 5.32 Å². The van der Waals surface area contributed by atoms with E-state index in [1.54, 1.807) is 31.2 Å². The molecule has 0 radical (unpaired) electrons. The van der Waals surface area contributed by atoms with Gasteiger partial charge in [-0.15, -0.1) is 0 Å². The fourth-order valence-electron chi connectivity index (χ4n) is 2.98. The molecule has 0 saturated carbocycles. The third-order valence-corrected chi connectivity index (χ3v) is 5.51. The molecule has 1 amide bonds. The molecule has 0 heterocycles. The van der Waals surface area contributed by atoms with Crippen LogP contribution >= 0.6 is 0 Å². The van der Waals surface area contributed by atoms with Gasteiger partial charge in [0, 0.05) is 18.7 Å². The first-order valence-corrected chi connectivity index (χ1v) is 11.3. The lowest BCUT2D eigenvalue weighted by Crippen LogP contribution is -2.49. The Hall–Kier alpha value is -3.14. The van der Waals surface area contributed by atoms with E-state index in [9.17, 15) is 23.3 Å². The summed E-state index contributed by atoms with van der Waals surface area (Å²) in [7, 11) is -3.88. The van der Waals surface area contributed by atoms with Gasteiger partial charge in [0.15, 0.2) is 0 Å². The predicted molar refractivity (Wildman–Crippen MR) is 114 cm³/mol. The highest BCUT2D eigenvalue weighted by atomic mass is 32.2. The van der Waals surface area contributed by atoms with E-state index in [1.807, 2.05) is 6.92 Å². The Morgan fingerprint density at radius 2 is 1.87 bits per heavy atom. The highest BCUT2D eigenvalue weighted by Gasteiger charge is 2.32. The van der Waals surface area contributed by atoms with Gasteiger partial charge in [0.05, 0.1) is 23.5 Å². The van der Waals surface area contributed by atoms with Gasteiger partial charge < -0.3 is 10.1 Å². The van der Waals surface area contributed by atoms with Gasteiger partial charge in [-0.25, -0.2) is 8.42 Å². The zero-order chi connectivity index (χ0) is 22.3. The molecule has 0 saturated heterocycles. The van der Waals surface area contributed by atoms with Crippen molar-refractivity contribution in [1.29, 1.82) is 0 Å². The van der Waals surface area contributed by atoms with Crippen LogP contribution in [0.1, 0.15) is 25.8 Å². The Morgan fingerprint density at radius 3 is 2.40 bits per heavy atom. The SMILES string of the molecule is CCOc1ccc(CNC(=O)[C@H](CC)N(c2cccc([N+](=O)[O-])c2)S(C)(=O)=O)cc1. The molecule has 9 nitrogen and oxygen atoms in total. The molecule has 0 fully saturated rings. The Balaban J connectivity index is 2.23. The molecule has 0 bridgehead atoms. The van der Waals surface area contributed by atoms with Crippen molar-refractivity contribution in [2.45, 2.75) is 32.9 Å². The quantitative estimate of drug-likeness (QED) is 0.453. The summed E-state index contributed by atoms with van der Waals surface area (Å²) < 4.78 is 31.2. The van der Waals surface area contributed by atoms with Gasteiger partial charge in [0.2, 0.25) is 15.9 Å². The number of nitro benzene ring substituents is 1. The number of non-ortho nitro benzene ring substituents is 1. The lowest BCUT2D eigenvalue weighted by Gasteiger charge is -2.30. The highest BCUT2D eigenvalue weighted by Crippen LogP contribution is 2.26. The normalized spacial score (nSPS) is 12.1. The van der Waals surface area contributed by atoms with Crippen molar-refractivity contribution in [2.24, 2.45) is 0 Å². The molecule has 1 N–H and O–H groups in total. The number of rotatable bonds is 10. The monoisotopic (exact) mass is 435 g/mol. The molecule has 162 valence electrons. The number of hydrogen-bond donors (Lipinski definition) is 1. The van der Waals surface area contributed by atoms with Crippen molar-refractivity contribution in [3.63, 3.8) is 0 Å². The van der Waals surface area contributed by atoms with Gasteiger partial charge in [-0.05, 0) is 37.1 Å². The predicted octanol–water partition coefficient (Wildman–Crippen LogP) is 2.85. The second-order valence-corrected chi connectivity index (χ2v) is 8.41. The molecule has 2 aromatic carbocycles. The first-order valence-electron chi connectivity index (χ1n) is 9.40. The number of benzene rings is 2. The molecule has 0 unspecified atom stereocenters. The second-order valence-electron chi connectivity index (χ2n) is 6.55. The summed E-state index contributed by atoms with van der Waals surface area (Å²) in [6, 6.07) is 11.3. The maximum atomic E-state index is 12.8.